The maximum atomic E-state index is 2.26. The first kappa shape index (κ1) is 16.8. The Kier molecular flexibility index (Phi) is 6.43. The van der Waals surface area contributed by atoms with Crippen LogP contribution in [0.2, 0.25) is 0 Å². The summed E-state index contributed by atoms with van der Waals surface area (Å²) in [5.74, 6) is 0. The molecule has 1 nitrogen and oxygen atoms in total. The van der Waals surface area contributed by atoms with E-state index in [1.807, 2.05) is 12.1 Å². The summed E-state index contributed by atoms with van der Waals surface area (Å²) in [5, 5.41) is 0. The Morgan fingerprint density at radius 1 is 0.565 bits per heavy atom. The van der Waals surface area contributed by atoms with Gasteiger partial charge in [-0.15, -0.1) is 0 Å². The van der Waals surface area contributed by atoms with E-state index in [0.717, 1.165) is 0 Å². The van der Waals surface area contributed by atoms with Crippen molar-refractivity contribution >= 4 is 17.1 Å². The Balaban J connectivity index is 0.000000595. The standard InChI is InChI=1S/C19H17N.C3H8/c1-16-12-14-19(15-13-16)20(17-8-4-2-5-9-17)18-10-6-3-7-11-18;1-3-2/h2-15H,1H3;3H2,1-2H3. The number of benzene rings is 3. The first-order valence-electron chi connectivity index (χ1n) is 8.23. The summed E-state index contributed by atoms with van der Waals surface area (Å²) in [4.78, 5) is 2.26. The minimum atomic E-state index is 1.17. The molecule has 0 heterocycles. The van der Waals surface area contributed by atoms with Crippen molar-refractivity contribution in [1.82, 2.24) is 0 Å². The van der Waals surface area contributed by atoms with Gasteiger partial charge in [0.15, 0.2) is 0 Å². The fourth-order valence-corrected chi connectivity index (χ4v) is 2.30. The lowest BCUT2D eigenvalue weighted by Gasteiger charge is -2.25. The topological polar surface area (TPSA) is 3.24 Å². The van der Waals surface area contributed by atoms with Gasteiger partial charge in [0.2, 0.25) is 0 Å². The highest BCUT2D eigenvalue weighted by atomic mass is 15.1. The number of aryl methyl sites for hydroxylation is 1. The summed E-state index contributed by atoms with van der Waals surface area (Å²) in [6.45, 7) is 6.36. The Labute approximate surface area is 140 Å². The van der Waals surface area contributed by atoms with E-state index in [2.05, 4.69) is 98.5 Å². The molecule has 0 saturated carbocycles. The van der Waals surface area contributed by atoms with Crippen LogP contribution in [0.5, 0.6) is 0 Å². The van der Waals surface area contributed by atoms with Crippen molar-refractivity contribution in [3.05, 3.63) is 90.5 Å². The normalized spacial score (nSPS) is 9.70. The lowest BCUT2D eigenvalue weighted by Crippen LogP contribution is -2.09. The molecule has 0 N–H and O–H groups in total. The lowest BCUT2D eigenvalue weighted by molar-refractivity contribution is 1.09. The van der Waals surface area contributed by atoms with Crippen LogP contribution in [-0.2, 0) is 0 Å². The molecule has 118 valence electrons. The van der Waals surface area contributed by atoms with Crippen LogP contribution in [0.3, 0.4) is 0 Å². The van der Waals surface area contributed by atoms with Gasteiger partial charge in [-0.3, -0.25) is 0 Å². The molecule has 0 aromatic heterocycles. The van der Waals surface area contributed by atoms with E-state index in [1.165, 1.54) is 29.0 Å². The molecule has 0 amide bonds. The molecular formula is C22H25N. The molecule has 3 aromatic carbocycles. The van der Waals surface area contributed by atoms with Crippen molar-refractivity contribution in [2.45, 2.75) is 27.2 Å². The lowest BCUT2D eigenvalue weighted by atomic mass is 10.1. The molecule has 1 heteroatoms. The SMILES string of the molecule is CCC.Cc1ccc(N(c2ccccc2)c2ccccc2)cc1. The van der Waals surface area contributed by atoms with Crippen molar-refractivity contribution in [3.63, 3.8) is 0 Å². The third-order valence-corrected chi connectivity index (χ3v) is 3.32. The van der Waals surface area contributed by atoms with Gasteiger partial charge in [0, 0.05) is 17.1 Å². The number of anilines is 3. The second-order valence-corrected chi connectivity index (χ2v) is 5.55. The van der Waals surface area contributed by atoms with Crippen molar-refractivity contribution in [1.29, 1.82) is 0 Å². The zero-order chi connectivity index (χ0) is 16.5. The average Bonchev–Trinajstić information content (AvgIpc) is 2.60. The van der Waals surface area contributed by atoms with Gasteiger partial charge >= 0.3 is 0 Å². The first-order chi connectivity index (χ1) is 11.3. The van der Waals surface area contributed by atoms with Crippen LogP contribution in [-0.4, -0.2) is 0 Å². The quantitative estimate of drug-likeness (QED) is 0.509. The van der Waals surface area contributed by atoms with Gasteiger partial charge in [-0.2, -0.15) is 0 Å². The number of para-hydroxylation sites is 2. The maximum absolute atomic E-state index is 2.26. The summed E-state index contributed by atoms with van der Waals surface area (Å²) in [6.07, 6.45) is 1.25. The van der Waals surface area contributed by atoms with Gasteiger partial charge in [0.05, 0.1) is 0 Å². The third kappa shape index (κ3) is 4.72. The van der Waals surface area contributed by atoms with Crippen LogP contribution in [0.15, 0.2) is 84.9 Å². The largest absolute Gasteiger partial charge is 0.311 e. The van der Waals surface area contributed by atoms with Crippen molar-refractivity contribution < 1.29 is 0 Å². The minimum absolute atomic E-state index is 1.17. The number of hydrogen-bond donors (Lipinski definition) is 0. The second kappa shape index (κ2) is 8.79. The Morgan fingerprint density at radius 2 is 0.913 bits per heavy atom. The maximum Gasteiger partial charge on any atom is 0.0461 e. The predicted octanol–water partition coefficient (Wildman–Crippen LogP) is 6.88. The molecule has 0 bridgehead atoms. The third-order valence-electron chi connectivity index (χ3n) is 3.32. The van der Waals surface area contributed by atoms with E-state index in [-0.39, 0.29) is 0 Å². The van der Waals surface area contributed by atoms with E-state index >= 15 is 0 Å². The molecular weight excluding hydrogens is 278 g/mol. The molecule has 0 aliphatic rings. The van der Waals surface area contributed by atoms with E-state index in [4.69, 9.17) is 0 Å². The molecule has 0 unspecified atom stereocenters. The highest BCUT2D eigenvalue weighted by Gasteiger charge is 2.10. The Hall–Kier alpha value is -2.54. The van der Waals surface area contributed by atoms with Crippen molar-refractivity contribution in [2.24, 2.45) is 0 Å². The predicted molar refractivity (Wildman–Crippen MR) is 102 cm³/mol. The van der Waals surface area contributed by atoms with E-state index < -0.39 is 0 Å². The monoisotopic (exact) mass is 303 g/mol. The fraction of sp³-hybridized carbons (Fsp3) is 0.182. The van der Waals surface area contributed by atoms with Gasteiger partial charge in [0.25, 0.3) is 0 Å². The van der Waals surface area contributed by atoms with Gasteiger partial charge in [-0.25, -0.2) is 0 Å². The van der Waals surface area contributed by atoms with E-state index in [1.54, 1.807) is 0 Å². The zero-order valence-electron chi connectivity index (χ0n) is 14.2. The molecule has 0 saturated heterocycles. The average molecular weight is 303 g/mol. The summed E-state index contributed by atoms with van der Waals surface area (Å²) >= 11 is 0. The molecule has 0 fully saturated rings. The molecule has 0 aliphatic heterocycles. The fourth-order valence-electron chi connectivity index (χ4n) is 2.30. The molecule has 0 aliphatic carbocycles. The molecule has 0 radical (unpaired) electrons. The second-order valence-electron chi connectivity index (χ2n) is 5.55. The van der Waals surface area contributed by atoms with Gasteiger partial charge < -0.3 is 4.90 Å². The molecule has 3 rings (SSSR count). The zero-order valence-corrected chi connectivity index (χ0v) is 14.2. The summed E-state index contributed by atoms with van der Waals surface area (Å²) in [6, 6.07) is 29.5. The van der Waals surface area contributed by atoms with Crippen LogP contribution >= 0.6 is 0 Å². The van der Waals surface area contributed by atoms with Crippen LogP contribution in [0, 0.1) is 6.92 Å². The number of nitrogens with zero attached hydrogens (tertiary/aromatic N) is 1. The van der Waals surface area contributed by atoms with E-state index in [9.17, 15) is 0 Å². The molecule has 23 heavy (non-hydrogen) atoms. The highest BCUT2D eigenvalue weighted by molar-refractivity contribution is 5.76. The van der Waals surface area contributed by atoms with Crippen LogP contribution in [0.4, 0.5) is 17.1 Å². The first-order valence-corrected chi connectivity index (χ1v) is 8.23. The van der Waals surface area contributed by atoms with Crippen LogP contribution < -0.4 is 4.90 Å². The summed E-state index contributed by atoms with van der Waals surface area (Å²) < 4.78 is 0. The van der Waals surface area contributed by atoms with Crippen LogP contribution in [0.25, 0.3) is 0 Å². The Bertz CT molecular complexity index is 633. The minimum Gasteiger partial charge on any atom is -0.311 e. The van der Waals surface area contributed by atoms with E-state index in [0.29, 0.717) is 0 Å². The van der Waals surface area contributed by atoms with Crippen LogP contribution in [0.1, 0.15) is 25.8 Å². The van der Waals surface area contributed by atoms with Crippen molar-refractivity contribution in [2.75, 3.05) is 4.90 Å². The molecule has 0 spiro atoms. The molecule has 0 atom stereocenters. The van der Waals surface area contributed by atoms with Gasteiger partial charge in [-0.05, 0) is 43.3 Å². The summed E-state index contributed by atoms with van der Waals surface area (Å²) in [7, 11) is 0. The van der Waals surface area contributed by atoms with Gasteiger partial charge in [-0.1, -0.05) is 74.4 Å². The number of rotatable bonds is 3. The Morgan fingerprint density at radius 3 is 1.30 bits per heavy atom. The smallest absolute Gasteiger partial charge is 0.0461 e. The number of hydrogen-bond acceptors (Lipinski definition) is 1. The summed E-state index contributed by atoms with van der Waals surface area (Å²) in [5.41, 5.74) is 4.79. The molecule has 3 aromatic rings. The van der Waals surface area contributed by atoms with Gasteiger partial charge in [0.1, 0.15) is 0 Å². The van der Waals surface area contributed by atoms with Crippen molar-refractivity contribution in [3.8, 4) is 0 Å². The highest BCUT2D eigenvalue weighted by Crippen LogP contribution is 2.33.